The number of benzene rings is 2. The molecule has 0 heterocycles. The summed E-state index contributed by atoms with van der Waals surface area (Å²) in [5, 5.41) is 29.7. The highest BCUT2D eigenvalue weighted by atomic mass is 16.3. The molecular weight excluding hydrogens is 240 g/mol. The lowest BCUT2D eigenvalue weighted by atomic mass is 9.79. The highest BCUT2D eigenvalue weighted by molar-refractivity contribution is 5.75. The molecule has 3 rings (SSSR count). The molecule has 98 valence electrons. The van der Waals surface area contributed by atoms with Crippen LogP contribution in [-0.2, 0) is 6.42 Å². The van der Waals surface area contributed by atoms with Gasteiger partial charge in [-0.05, 0) is 34.2 Å². The van der Waals surface area contributed by atoms with Crippen molar-refractivity contribution in [1.29, 1.82) is 0 Å². The number of fused-ring (bicyclic) bond motifs is 3. The van der Waals surface area contributed by atoms with E-state index in [2.05, 4.69) is 0 Å². The van der Waals surface area contributed by atoms with E-state index >= 15 is 0 Å². The van der Waals surface area contributed by atoms with Crippen molar-refractivity contribution in [2.45, 2.75) is 18.6 Å². The second-order valence-electron chi connectivity index (χ2n) is 4.83. The smallest absolute Gasteiger partial charge is 0.110 e. The highest BCUT2D eigenvalue weighted by Crippen LogP contribution is 2.45. The van der Waals surface area contributed by atoms with Crippen molar-refractivity contribution in [3.05, 3.63) is 59.2 Å². The molecule has 1 aliphatic carbocycles. The van der Waals surface area contributed by atoms with E-state index in [0.717, 1.165) is 27.8 Å². The van der Waals surface area contributed by atoms with Crippen LogP contribution in [0.3, 0.4) is 0 Å². The van der Waals surface area contributed by atoms with Gasteiger partial charge < -0.3 is 15.3 Å². The van der Waals surface area contributed by atoms with Gasteiger partial charge in [0, 0.05) is 6.61 Å². The molecule has 0 saturated carbocycles. The first-order chi connectivity index (χ1) is 9.24. The van der Waals surface area contributed by atoms with Crippen LogP contribution < -0.4 is 0 Å². The lowest BCUT2D eigenvalue weighted by Gasteiger charge is -2.30. The quantitative estimate of drug-likeness (QED) is 0.770. The van der Waals surface area contributed by atoms with Crippen molar-refractivity contribution in [3.63, 3.8) is 0 Å². The predicted octanol–water partition coefficient (Wildman–Crippen LogP) is 1.97. The van der Waals surface area contributed by atoms with E-state index in [-0.39, 0.29) is 6.61 Å². The maximum atomic E-state index is 10.4. The zero-order chi connectivity index (χ0) is 13.4. The van der Waals surface area contributed by atoms with Crippen LogP contribution in [-0.4, -0.2) is 21.9 Å². The Hall–Kier alpha value is -1.68. The average Bonchev–Trinajstić information content (AvgIpc) is 2.45. The van der Waals surface area contributed by atoms with Crippen LogP contribution in [0, 0.1) is 0 Å². The van der Waals surface area contributed by atoms with E-state index in [9.17, 15) is 10.2 Å². The second-order valence-corrected chi connectivity index (χ2v) is 4.83. The molecule has 0 bridgehead atoms. The maximum absolute atomic E-state index is 10.4. The van der Waals surface area contributed by atoms with Crippen LogP contribution in [0.5, 0.6) is 0 Å². The van der Waals surface area contributed by atoms with E-state index in [1.807, 2.05) is 42.5 Å². The molecule has 3 nitrogen and oxygen atoms in total. The normalized spacial score (nSPS) is 20.8. The lowest BCUT2D eigenvalue weighted by Crippen LogP contribution is -2.19. The van der Waals surface area contributed by atoms with Crippen LogP contribution >= 0.6 is 0 Å². The molecule has 0 saturated heterocycles. The van der Waals surface area contributed by atoms with Gasteiger partial charge in [-0.25, -0.2) is 0 Å². The number of hydrogen-bond donors (Lipinski definition) is 3. The Kier molecular flexibility index (Phi) is 3.11. The zero-order valence-electron chi connectivity index (χ0n) is 10.5. The Morgan fingerprint density at radius 1 is 0.842 bits per heavy atom. The molecule has 1 aliphatic rings. The minimum absolute atomic E-state index is 0.0287. The fourth-order valence-corrected chi connectivity index (χ4v) is 2.86. The van der Waals surface area contributed by atoms with Crippen LogP contribution in [0.25, 0.3) is 11.1 Å². The fourth-order valence-electron chi connectivity index (χ4n) is 2.86. The molecule has 0 aromatic heterocycles. The molecular formula is C16H16O3. The number of hydrogen-bond acceptors (Lipinski definition) is 3. The zero-order valence-corrected chi connectivity index (χ0v) is 10.5. The van der Waals surface area contributed by atoms with Crippen LogP contribution in [0.4, 0.5) is 0 Å². The molecule has 2 unspecified atom stereocenters. The van der Waals surface area contributed by atoms with Crippen molar-refractivity contribution < 1.29 is 15.3 Å². The summed E-state index contributed by atoms with van der Waals surface area (Å²) in [6, 6.07) is 13.3. The Bertz CT molecular complexity index is 607. The summed E-state index contributed by atoms with van der Waals surface area (Å²) >= 11 is 0. The van der Waals surface area contributed by atoms with Gasteiger partial charge in [0.1, 0.15) is 12.2 Å². The lowest BCUT2D eigenvalue weighted by molar-refractivity contribution is 0.0151. The topological polar surface area (TPSA) is 60.7 Å². The van der Waals surface area contributed by atoms with Gasteiger partial charge in [-0.15, -0.1) is 0 Å². The first-order valence-corrected chi connectivity index (χ1v) is 6.42. The van der Waals surface area contributed by atoms with Crippen molar-refractivity contribution in [2.24, 2.45) is 0 Å². The van der Waals surface area contributed by atoms with Gasteiger partial charge in [0.25, 0.3) is 0 Å². The van der Waals surface area contributed by atoms with E-state index in [1.54, 1.807) is 0 Å². The van der Waals surface area contributed by atoms with Crippen molar-refractivity contribution >= 4 is 0 Å². The van der Waals surface area contributed by atoms with E-state index in [0.29, 0.717) is 6.42 Å². The third-order valence-corrected chi connectivity index (χ3v) is 3.74. The summed E-state index contributed by atoms with van der Waals surface area (Å²) in [5.74, 6) is 0. The number of aliphatic hydroxyl groups is 3. The summed E-state index contributed by atoms with van der Waals surface area (Å²) in [5.41, 5.74) is 4.28. The van der Waals surface area contributed by atoms with Gasteiger partial charge in [-0.1, -0.05) is 42.5 Å². The summed E-state index contributed by atoms with van der Waals surface area (Å²) in [6.07, 6.45) is -1.37. The Morgan fingerprint density at radius 3 is 2.37 bits per heavy atom. The molecule has 0 radical (unpaired) electrons. The third kappa shape index (κ3) is 1.87. The average molecular weight is 256 g/mol. The van der Waals surface area contributed by atoms with Gasteiger partial charge >= 0.3 is 0 Å². The van der Waals surface area contributed by atoms with Crippen LogP contribution in [0.1, 0.15) is 28.9 Å². The number of rotatable bonds is 2. The van der Waals surface area contributed by atoms with Gasteiger partial charge in [0.15, 0.2) is 0 Å². The first kappa shape index (κ1) is 12.4. The standard InChI is InChI=1S/C16H16O3/c17-9-8-10-4-3-7-12-11-5-1-2-6-13(11)15(18)16(19)14(10)12/h1-7,15-19H,8-9H2. The summed E-state index contributed by atoms with van der Waals surface area (Å²) in [7, 11) is 0. The molecule has 3 N–H and O–H groups in total. The van der Waals surface area contributed by atoms with Crippen molar-refractivity contribution in [1.82, 2.24) is 0 Å². The van der Waals surface area contributed by atoms with E-state index in [4.69, 9.17) is 5.11 Å². The number of aliphatic hydroxyl groups excluding tert-OH is 3. The Labute approximate surface area is 111 Å². The molecule has 2 aromatic rings. The summed E-state index contributed by atoms with van der Waals surface area (Å²) in [6.45, 7) is 0.0287. The molecule has 0 amide bonds. The summed E-state index contributed by atoms with van der Waals surface area (Å²) < 4.78 is 0. The van der Waals surface area contributed by atoms with Crippen LogP contribution in [0.2, 0.25) is 0 Å². The van der Waals surface area contributed by atoms with Gasteiger partial charge in [-0.2, -0.15) is 0 Å². The van der Waals surface area contributed by atoms with E-state index in [1.165, 1.54) is 0 Å². The van der Waals surface area contributed by atoms with E-state index < -0.39 is 12.2 Å². The maximum Gasteiger partial charge on any atom is 0.110 e. The van der Waals surface area contributed by atoms with Gasteiger partial charge in [0.2, 0.25) is 0 Å². The Morgan fingerprint density at radius 2 is 1.58 bits per heavy atom. The molecule has 3 heteroatoms. The third-order valence-electron chi connectivity index (χ3n) is 3.74. The van der Waals surface area contributed by atoms with Crippen LogP contribution in [0.15, 0.2) is 42.5 Å². The fraction of sp³-hybridized carbons (Fsp3) is 0.250. The summed E-state index contributed by atoms with van der Waals surface area (Å²) in [4.78, 5) is 0. The second kappa shape index (κ2) is 4.78. The SMILES string of the molecule is OCCc1cccc2c1C(O)C(O)c1ccccc1-2. The first-order valence-electron chi connectivity index (χ1n) is 6.42. The monoisotopic (exact) mass is 256 g/mol. The molecule has 0 aliphatic heterocycles. The predicted molar refractivity (Wildman–Crippen MR) is 72.6 cm³/mol. The minimum atomic E-state index is -0.937. The van der Waals surface area contributed by atoms with Gasteiger partial charge in [0.05, 0.1) is 0 Å². The molecule has 2 aromatic carbocycles. The molecule has 2 atom stereocenters. The largest absolute Gasteiger partial charge is 0.396 e. The minimum Gasteiger partial charge on any atom is -0.396 e. The highest BCUT2D eigenvalue weighted by Gasteiger charge is 2.32. The molecule has 19 heavy (non-hydrogen) atoms. The van der Waals surface area contributed by atoms with Crippen molar-refractivity contribution in [2.75, 3.05) is 6.61 Å². The molecule has 0 spiro atoms. The Balaban J connectivity index is 2.26. The molecule has 0 fully saturated rings. The van der Waals surface area contributed by atoms with Crippen molar-refractivity contribution in [3.8, 4) is 11.1 Å². The van der Waals surface area contributed by atoms with Gasteiger partial charge in [-0.3, -0.25) is 0 Å².